The third kappa shape index (κ3) is 3.67. The van der Waals surface area contributed by atoms with Crippen molar-refractivity contribution in [3.8, 4) is 0 Å². The number of para-hydroxylation sites is 2. The standard InChI is InChI=1S/C17H22N4O5S/c1-11(17(23)20(2)3)27(24,25)21-9-8-18-16(22)13(21)10-15-19-12-6-4-5-7-14(12)26-15/h4-7,11,13H,8-10H2,1-3H3,(H,18,22)/t11-,13-/m0/s1. The minimum atomic E-state index is -4.03. The number of nitrogens with one attached hydrogen (secondary N) is 1. The molecular formula is C17H22N4O5S. The number of nitrogens with zero attached hydrogens (tertiary/aromatic N) is 3. The number of rotatable bonds is 5. The molecule has 9 nitrogen and oxygen atoms in total. The van der Waals surface area contributed by atoms with E-state index in [0.29, 0.717) is 11.1 Å². The van der Waals surface area contributed by atoms with Crippen molar-refractivity contribution in [2.24, 2.45) is 0 Å². The van der Waals surface area contributed by atoms with Crippen LogP contribution in [-0.2, 0) is 26.0 Å². The number of amides is 2. The second kappa shape index (κ2) is 7.28. The van der Waals surface area contributed by atoms with Gasteiger partial charge in [0.1, 0.15) is 11.6 Å². The van der Waals surface area contributed by atoms with Crippen molar-refractivity contribution in [1.82, 2.24) is 19.5 Å². The van der Waals surface area contributed by atoms with Gasteiger partial charge >= 0.3 is 0 Å². The number of carbonyl (C=O) groups excluding carboxylic acids is 2. The molecule has 0 radical (unpaired) electrons. The lowest BCUT2D eigenvalue weighted by molar-refractivity contribution is -0.129. The number of sulfonamides is 1. The second-order valence-electron chi connectivity index (χ2n) is 6.62. The van der Waals surface area contributed by atoms with E-state index in [-0.39, 0.29) is 25.4 Å². The number of fused-ring (bicyclic) bond motifs is 1. The summed E-state index contributed by atoms with van der Waals surface area (Å²) in [5.41, 5.74) is 1.20. The number of carbonyl (C=O) groups is 2. The molecule has 1 saturated heterocycles. The minimum absolute atomic E-state index is 0.0113. The first-order valence-corrected chi connectivity index (χ1v) is 10.1. The zero-order valence-electron chi connectivity index (χ0n) is 15.4. The Balaban J connectivity index is 1.91. The number of hydrogen-bond donors (Lipinski definition) is 1. The molecule has 1 fully saturated rings. The summed E-state index contributed by atoms with van der Waals surface area (Å²) >= 11 is 0. The highest BCUT2D eigenvalue weighted by atomic mass is 32.2. The molecule has 2 heterocycles. The topological polar surface area (TPSA) is 113 Å². The van der Waals surface area contributed by atoms with E-state index < -0.39 is 33.1 Å². The molecule has 3 rings (SSSR count). The molecule has 2 aromatic rings. The van der Waals surface area contributed by atoms with E-state index in [0.717, 1.165) is 4.31 Å². The maximum Gasteiger partial charge on any atom is 0.241 e. The molecule has 146 valence electrons. The monoisotopic (exact) mass is 394 g/mol. The van der Waals surface area contributed by atoms with Gasteiger partial charge in [0.15, 0.2) is 16.7 Å². The van der Waals surface area contributed by atoms with Crippen LogP contribution in [0.3, 0.4) is 0 Å². The smallest absolute Gasteiger partial charge is 0.241 e. The van der Waals surface area contributed by atoms with Crippen molar-refractivity contribution in [3.63, 3.8) is 0 Å². The maximum atomic E-state index is 13.0. The molecule has 0 unspecified atom stereocenters. The van der Waals surface area contributed by atoms with Crippen molar-refractivity contribution in [1.29, 1.82) is 0 Å². The molecule has 2 atom stereocenters. The van der Waals surface area contributed by atoms with E-state index in [9.17, 15) is 18.0 Å². The maximum absolute atomic E-state index is 13.0. The number of piperazine rings is 1. The van der Waals surface area contributed by atoms with Gasteiger partial charge in [-0.05, 0) is 19.1 Å². The number of hydrogen-bond acceptors (Lipinski definition) is 6. The second-order valence-corrected chi connectivity index (χ2v) is 8.82. The van der Waals surface area contributed by atoms with Crippen molar-refractivity contribution >= 4 is 32.9 Å². The Morgan fingerprint density at radius 2 is 2.11 bits per heavy atom. The highest BCUT2D eigenvalue weighted by molar-refractivity contribution is 7.90. The van der Waals surface area contributed by atoms with Crippen LogP contribution in [0.25, 0.3) is 11.1 Å². The van der Waals surface area contributed by atoms with Crippen LogP contribution in [0.4, 0.5) is 0 Å². The first-order valence-electron chi connectivity index (χ1n) is 8.56. The average molecular weight is 394 g/mol. The van der Waals surface area contributed by atoms with Crippen LogP contribution in [-0.4, -0.2) is 72.9 Å². The first-order chi connectivity index (χ1) is 12.7. The quantitative estimate of drug-likeness (QED) is 0.762. The molecular weight excluding hydrogens is 372 g/mol. The highest BCUT2D eigenvalue weighted by Crippen LogP contribution is 2.22. The van der Waals surface area contributed by atoms with E-state index in [2.05, 4.69) is 10.3 Å². The summed E-state index contributed by atoms with van der Waals surface area (Å²) in [6.07, 6.45) is -0.0113. The summed E-state index contributed by atoms with van der Waals surface area (Å²) in [7, 11) is -1.04. The van der Waals surface area contributed by atoms with Crippen molar-refractivity contribution in [3.05, 3.63) is 30.2 Å². The Morgan fingerprint density at radius 1 is 1.41 bits per heavy atom. The largest absolute Gasteiger partial charge is 0.441 e. The van der Waals surface area contributed by atoms with Crippen molar-refractivity contribution < 1.29 is 22.4 Å². The number of aromatic nitrogens is 1. The van der Waals surface area contributed by atoms with E-state index in [1.807, 2.05) is 6.07 Å². The first kappa shape index (κ1) is 19.3. The molecule has 1 N–H and O–H groups in total. The third-order valence-corrected chi connectivity index (χ3v) is 6.74. The zero-order chi connectivity index (χ0) is 19.8. The Morgan fingerprint density at radius 3 is 2.78 bits per heavy atom. The third-order valence-electron chi connectivity index (χ3n) is 4.55. The molecule has 1 aromatic heterocycles. The average Bonchev–Trinajstić information content (AvgIpc) is 3.04. The molecule has 1 aliphatic rings. The van der Waals surface area contributed by atoms with E-state index in [1.54, 1.807) is 18.2 Å². The Hall–Kier alpha value is -2.46. The van der Waals surface area contributed by atoms with Crippen LogP contribution in [0.2, 0.25) is 0 Å². The Labute approximate surface area is 157 Å². The predicted octanol–water partition coefficient (Wildman–Crippen LogP) is -0.0228. The summed E-state index contributed by atoms with van der Waals surface area (Å²) in [4.78, 5) is 30.1. The van der Waals surface area contributed by atoms with Gasteiger partial charge in [-0.3, -0.25) is 9.59 Å². The van der Waals surface area contributed by atoms with Gasteiger partial charge < -0.3 is 14.6 Å². The fraction of sp³-hybridized carbons (Fsp3) is 0.471. The van der Waals surface area contributed by atoms with Gasteiger partial charge in [0.25, 0.3) is 0 Å². The lowest BCUT2D eigenvalue weighted by Gasteiger charge is -2.35. The van der Waals surface area contributed by atoms with E-state index in [4.69, 9.17) is 4.42 Å². The Bertz CT molecular complexity index is 936. The molecule has 10 heteroatoms. The minimum Gasteiger partial charge on any atom is -0.441 e. The van der Waals surface area contributed by atoms with Gasteiger partial charge in [0, 0.05) is 33.6 Å². The van der Waals surface area contributed by atoms with Gasteiger partial charge in [-0.2, -0.15) is 4.31 Å². The van der Waals surface area contributed by atoms with E-state index in [1.165, 1.54) is 25.9 Å². The zero-order valence-corrected chi connectivity index (χ0v) is 16.2. The SMILES string of the molecule is C[C@@H](C(=O)N(C)C)S(=O)(=O)N1CCNC(=O)[C@@H]1Cc1nc2ccccc2o1. The predicted molar refractivity (Wildman–Crippen MR) is 98.3 cm³/mol. The van der Waals surface area contributed by atoms with E-state index >= 15 is 0 Å². The van der Waals surface area contributed by atoms with Crippen molar-refractivity contribution in [2.45, 2.75) is 24.6 Å². The molecule has 1 aliphatic heterocycles. The van der Waals surface area contributed by atoms with Crippen LogP contribution >= 0.6 is 0 Å². The highest BCUT2D eigenvalue weighted by Gasteiger charge is 2.43. The molecule has 0 spiro atoms. The summed E-state index contributed by atoms with van der Waals surface area (Å²) in [6, 6.07) is 6.12. The molecule has 2 amide bonds. The molecule has 0 bridgehead atoms. The van der Waals surface area contributed by atoms with Crippen LogP contribution in [0.1, 0.15) is 12.8 Å². The van der Waals surface area contributed by atoms with Crippen molar-refractivity contribution in [2.75, 3.05) is 27.2 Å². The van der Waals surface area contributed by atoms with Gasteiger partial charge in [-0.1, -0.05) is 12.1 Å². The number of oxazole rings is 1. The molecule has 0 aliphatic carbocycles. The summed E-state index contributed by atoms with van der Waals surface area (Å²) in [5.74, 6) is -0.705. The fourth-order valence-corrected chi connectivity index (χ4v) is 4.80. The molecule has 0 saturated carbocycles. The van der Waals surface area contributed by atoms with Crippen LogP contribution in [0, 0.1) is 0 Å². The Kier molecular flexibility index (Phi) is 5.20. The summed E-state index contributed by atoms with van der Waals surface area (Å²) in [6.45, 7) is 1.61. The van der Waals surface area contributed by atoms with Gasteiger partial charge in [-0.25, -0.2) is 13.4 Å². The summed E-state index contributed by atoms with van der Waals surface area (Å²) < 4.78 is 32.7. The van der Waals surface area contributed by atoms with Gasteiger partial charge in [0.2, 0.25) is 21.8 Å². The van der Waals surface area contributed by atoms with Crippen LogP contribution in [0.5, 0.6) is 0 Å². The lowest BCUT2D eigenvalue weighted by atomic mass is 10.1. The van der Waals surface area contributed by atoms with Gasteiger partial charge in [-0.15, -0.1) is 0 Å². The van der Waals surface area contributed by atoms with Crippen LogP contribution in [0.15, 0.2) is 28.7 Å². The van der Waals surface area contributed by atoms with Gasteiger partial charge in [0.05, 0.1) is 0 Å². The lowest BCUT2D eigenvalue weighted by Crippen LogP contribution is -2.60. The summed E-state index contributed by atoms with van der Waals surface area (Å²) in [5, 5.41) is 1.38. The number of benzene rings is 1. The normalized spacial score (nSPS) is 19.7. The molecule has 27 heavy (non-hydrogen) atoms. The fourth-order valence-electron chi connectivity index (χ4n) is 3.06. The van der Waals surface area contributed by atoms with Crippen LogP contribution < -0.4 is 5.32 Å². The molecule has 1 aromatic carbocycles.